The number of nitrogens with one attached hydrogen (secondary N) is 1. The van der Waals surface area contributed by atoms with Gasteiger partial charge in [0.2, 0.25) is 0 Å². The second-order valence-corrected chi connectivity index (χ2v) is 4.85. The van der Waals surface area contributed by atoms with E-state index in [1.807, 2.05) is 12.1 Å². The Hall–Kier alpha value is -1.22. The average molecular weight is 265 g/mol. The van der Waals surface area contributed by atoms with Crippen molar-refractivity contribution >= 4 is 0 Å². The molecule has 0 heterocycles. The number of hydrogen-bond acceptors (Lipinski definition) is 3. The van der Waals surface area contributed by atoms with E-state index in [1.54, 1.807) is 14.2 Å². The van der Waals surface area contributed by atoms with Crippen LogP contribution in [0, 0.1) is 0 Å². The fraction of sp³-hybridized carbons (Fsp3) is 0.625. The Balaban J connectivity index is 2.88. The molecule has 0 radical (unpaired) electrons. The van der Waals surface area contributed by atoms with Gasteiger partial charge in [0.25, 0.3) is 0 Å². The molecule has 0 aliphatic rings. The standard InChI is InChI=1S/C16H27NO2/c1-6-16(7-2,8-3)17-12-13-10-9-11-14(18-4)15(13)19-5/h9-11,17H,6-8,12H2,1-5H3. The lowest BCUT2D eigenvalue weighted by Gasteiger charge is -2.32. The minimum atomic E-state index is 0.216. The molecule has 0 saturated carbocycles. The first-order valence-corrected chi connectivity index (χ1v) is 7.11. The molecule has 1 N–H and O–H groups in total. The third kappa shape index (κ3) is 3.63. The van der Waals surface area contributed by atoms with Crippen molar-refractivity contribution in [3.8, 4) is 11.5 Å². The molecule has 0 bridgehead atoms. The Bertz CT molecular complexity index is 378. The van der Waals surface area contributed by atoms with Crippen LogP contribution in [0.15, 0.2) is 18.2 Å². The van der Waals surface area contributed by atoms with Crippen LogP contribution in [0.2, 0.25) is 0 Å². The summed E-state index contributed by atoms with van der Waals surface area (Å²) in [5.41, 5.74) is 1.36. The van der Waals surface area contributed by atoms with Gasteiger partial charge in [0.1, 0.15) is 0 Å². The van der Waals surface area contributed by atoms with E-state index in [0.29, 0.717) is 0 Å². The number of para-hydroxylation sites is 1. The van der Waals surface area contributed by atoms with Gasteiger partial charge in [-0.1, -0.05) is 32.9 Å². The van der Waals surface area contributed by atoms with Gasteiger partial charge in [-0.05, 0) is 25.3 Å². The van der Waals surface area contributed by atoms with Crippen LogP contribution in [0.1, 0.15) is 45.6 Å². The fourth-order valence-electron chi connectivity index (χ4n) is 2.50. The van der Waals surface area contributed by atoms with Crippen LogP contribution in [0.5, 0.6) is 11.5 Å². The predicted octanol–water partition coefficient (Wildman–Crippen LogP) is 3.76. The zero-order valence-corrected chi connectivity index (χ0v) is 12.9. The highest BCUT2D eigenvalue weighted by atomic mass is 16.5. The molecule has 0 aliphatic carbocycles. The monoisotopic (exact) mass is 265 g/mol. The van der Waals surface area contributed by atoms with E-state index >= 15 is 0 Å². The van der Waals surface area contributed by atoms with E-state index in [4.69, 9.17) is 9.47 Å². The average Bonchev–Trinajstić information content (AvgIpc) is 2.48. The van der Waals surface area contributed by atoms with Gasteiger partial charge in [-0.2, -0.15) is 0 Å². The Kier molecular flexibility index (Phi) is 6.16. The van der Waals surface area contributed by atoms with Crippen molar-refractivity contribution in [3.05, 3.63) is 23.8 Å². The van der Waals surface area contributed by atoms with Crippen LogP contribution in [-0.4, -0.2) is 19.8 Å². The first kappa shape index (κ1) is 15.8. The molecule has 0 unspecified atom stereocenters. The Morgan fingerprint density at radius 1 is 1.00 bits per heavy atom. The van der Waals surface area contributed by atoms with E-state index in [1.165, 1.54) is 0 Å². The molecule has 1 aromatic carbocycles. The highest BCUT2D eigenvalue weighted by molar-refractivity contribution is 5.46. The largest absolute Gasteiger partial charge is 0.493 e. The molecule has 0 amide bonds. The second-order valence-electron chi connectivity index (χ2n) is 4.85. The van der Waals surface area contributed by atoms with Crippen molar-refractivity contribution in [3.63, 3.8) is 0 Å². The van der Waals surface area contributed by atoms with Crippen LogP contribution >= 0.6 is 0 Å². The molecule has 0 aromatic heterocycles. The number of benzene rings is 1. The number of methoxy groups -OCH3 is 2. The van der Waals surface area contributed by atoms with Crippen molar-refractivity contribution in [1.29, 1.82) is 0 Å². The van der Waals surface area contributed by atoms with E-state index in [2.05, 4.69) is 32.2 Å². The summed E-state index contributed by atoms with van der Waals surface area (Å²) in [6.07, 6.45) is 3.39. The molecule has 108 valence electrons. The minimum absolute atomic E-state index is 0.216. The lowest BCUT2D eigenvalue weighted by Crippen LogP contribution is -2.43. The number of rotatable bonds is 8. The topological polar surface area (TPSA) is 30.5 Å². The Morgan fingerprint density at radius 3 is 2.11 bits per heavy atom. The first-order valence-electron chi connectivity index (χ1n) is 7.11. The highest BCUT2D eigenvalue weighted by Gasteiger charge is 2.23. The van der Waals surface area contributed by atoms with Gasteiger partial charge in [-0.3, -0.25) is 0 Å². The lowest BCUT2D eigenvalue weighted by molar-refractivity contribution is 0.284. The van der Waals surface area contributed by atoms with Crippen molar-refractivity contribution in [2.75, 3.05) is 14.2 Å². The minimum Gasteiger partial charge on any atom is -0.493 e. The molecule has 1 aromatic rings. The van der Waals surface area contributed by atoms with E-state index in [0.717, 1.165) is 42.9 Å². The molecule has 0 aliphatic heterocycles. The van der Waals surface area contributed by atoms with Gasteiger partial charge in [0.15, 0.2) is 11.5 Å². The van der Waals surface area contributed by atoms with Crippen LogP contribution in [-0.2, 0) is 6.54 Å². The second kappa shape index (κ2) is 7.39. The molecule has 0 fully saturated rings. The summed E-state index contributed by atoms with van der Waals surface area (Å²) in [6, 6.07) is 6.01. The summed E-state index contributed by atoms with van der Waals surface area (Å²) in [6.45, 7) is 7.52. The molecule has 3 heteroatoms. The van der Waals surface area contributed by atoms with Gasteiger partial charge in [-0.15, -0.1) is 0 Å². The highest BCUT2D eigenvalue weighted by Crippen LogP contribution is 2.31. The molecule has 1 rings (SSSR count). The molecule has 3 nitrogen and oxygen atoms in total. The van der Waals surface area contributed by atoms with Gasteiger partial charge in [-0.25, -0.2) is 0 Å². The van der Waals surface area contributed by atoms with Gasteiger partial charge >= 0.3 is 0 Å². The quantitative estimate of drug-likeness (QED) is 0.776. The lowest BCUT2D eigenvalue weighted by atomic mass is 9.89. The van der Waals surface area contributed by atoms with Crippen LogP contribution < -0.4 is 14.8 Å². The normalized spacial score (nSPS) is 11.4. The molecular formula is C16H27NO2. The van der Waals surface area contributed by atoms with E-state index < -0.39 is 0 Å². The van der Waals surface area contributed by atoms with Crippen molar-refractivity contribution in [2.45, 2.75) is 52.1 Å². The third-order valence-electron chi connectivity index (χ3n) is 4.17. The summed E-state index contributed by atoms with van der Waals surface area (Å²) < 4.78 is 10.8. The number of ether oxygens (including phenoxy) is 2. The van der Waals surface area contributed by atoms with Gasteiger partial charge in [0.05, 0.1) is 14.2 Å². The fourth-order valence-corrected chi connectivity index (χ4v) is 2.50. The van der Waals surface area contributed by atoms with Crippen molar-refractivity contribution < 1.29 is 9.47 Å². The third-order valence-corrected chi connectivity index (χ3v) is 4.17. The van der Waals surface area contributed by atoms with E-state index in [-0.39, 0.29) is 5.54 Å². The number of hydrogen-bond donors (Lipinski definition) is 1. The van der Waals surface area contributed by atoms with Crippen LogP contribution in [0.3, 0.4) is 0 Å². The smallest absolute Gasteiger partial charge is 0.165 e. The maximum absolute atomic E-state index is 5.47. The SMILES string of the molecule is CCC(CC)(CC)NCc1cccc(OC)c1OC. The molecular weight excluding hydrogens is 238 g/mol. The molecule has 0 saturated heterocycles. The first-order chi connectivity index (χ1) is 9.16. The summed E-state index contributed by atoms with van der Waals surface area (Å²) in [5, 5.41) is 3.69. The maximum atomic E-state index is 5.47. The predicted molar refractivity (Wildman–Crippen MR) is 80.0 cm³/mol. The van der Waals surface area contributed by atoms with E-state index in [9.17, 15) is 0 Å². The molecule has 0 spiro atoms. The van der Waals surface area contributed by atoms with Crippen LogP contribution in [0.4, 0.5) is 0 Å². The Labute approximate surface area is 117 Å². The van der Waals surface area contributed by atoms with Crippen molar-refractivity contribution in [2.24, 2.45) is 0 Å². The zero-order chi connectivity index (χ0) is 14.3. The van der Waals surface area contributed by atoms with Crippen LogP contribution in [0.25, 0.3) is 0 Å². The Morgan fingerprint density at radius 2 is 1.63 bits per heavy atom. The molecule has 19 heavy (non-hydrogen) atoms. The zero-order valence-electron chi connectivity index (χ0n) is 12.9. The summed E-state index contributed by atoms with van der Waals surface area (Å²) in [7, 11) is 3.36. The summed E-state index contributed by atoms with van der Waals surface area (Å²) in [4.78, 5) is 0. The van der Waals surface area contributed by atoms with Crippen molar-refractivity contribution in [1.82, 2.24) is 5.32 Å². The summed E-state index contributed by atoms with van der Waals surface area (Å²) >= 11 is 0. The summed E-state index contributed by atoms with van der Waals surface area (Å²) in [5.74, 6) is 1.62. The van der Waals surface area contributed by atoms with Gasteiger partial charge < -0.3 is 14.8 Å². The molecule has 0 atom stereocenters. The van der Waals surface area contributed by atoms with Gasteiger partial charge in [0, 0.05) is 17.6 Å². The maximum Gasteiger partial charge on any atom is 0.165 e.